The summed E-state index contributed by atoms with van der Waals surface area (Å²) in [5, 5.41) is 3.17. The molecule has 0 fully saturated rings. The topological polar surface area (TPSA) is 12.0 Å². The minimum Gasteiger partial charge on any atom is -0.316 e. The summed E-state index contributed by atoms with van der Waals surface area (Å²) in [5.74, 6) is 2.00. The molecule has 1 nitrogen and oxygen atoms in total. The molecule has 0 radical (unpaired) electrons. The van der Waals surface area contributed by atoms with Crippen molar-refractivity contribution in [2.75, 3.05) is 12.8 Å². The zero-order valence-corrected chi connectivity index (χ0v) is 12.6. The highest BCUT2D eigenvalue weighted by Gasteiger charge is 2.03. The van der Waals surface area contributed by atoms with Gasteiger partial charge >= 0.3 is 0 Å². The highest BCUT2D eigenvalue weighted by Crippen LogP contribution is 2.27. The Labute approximate surface area is 112 Å². The van der Waals surface area contributed by atoms with Gasteiger partial charge in [-0.3, -0.25) is 0 Å². The number of thioether (sulfide) groups is 1. The van der Waals surface area contributed by atoms with Gasteiger partial charge in [0.25, 0.3) is 0 Å². The van der Waals surface area contributed by atoms with Gasteiger partial charge < -0.3 is 5.32 Å². The fraction of sp³-hybridized carbons (Fsp3) is 0.538. The fourth-order valence-corrected chi connectivity index (χ4v) is 3.06. The normalized spacial score (nSPS) is 12.8. The van der Waals surface area contributed by atoms with Crippen molar-refractivity contribution in [3.05, 3.63) is 28.2 Å². The molecule has 1 aromatic carbocycles. The molecule has 1 unspecified atom stereocenters. The minimum absolute atomic E-state index is 0.792. The third kappa shape index (κ3) is 4.48. The number of rotatable bonds is 6. The summed E-state index contributed by atoms with van der Waals surface area (Å²) in [5.41, 5.74) is 1.32. The van der Waals surface area contributed by atoms with Crippen molar-refractivity contribution >= 4 is 27.7 Å². The molecule has 1 N–H and O–H groups in total. The number of benzene rings is 1. The van der Waals surface area contributed by atoms with Gasteiger partial charge in [-0.2, -0.15) is 0 Å². The van der Waals surface area contributed by atoms with Crippen molar-refractivity contribution < 1.29 is 0 Å². The smallest absolute Gasteiger partial charge is 0.0231 e. The average molecular weight is 302 g/mol. The minimum atomic E-state index is 0.792. The van der Waals surface area contributed by atoms with E-state index < -0.39 is 0 Å². The van der Waals surface area contributed by atoms with Crippen LogP contribution < -0.4 is 5.32 Å². The molecule has 0 aliphatic carbocycles. The first-order valence-corrected chi connectivity index (χ1v) is 7.51. The molecule has 0 aliphatic heterocycles. The van der Waals surface area contributed by atoms with Gasteiger partial charge in [0, 0.05) is 21.7 Å². The monoisotopic (exact) mass is 301 g/mol. The molecule has 16 heavy (non-hydrogen) atoms. The van der Waals surface area contributed by atoms with E-state index in [0.29, 0.717) is 0 Å². The molecular formula is C13H20BrNS. The SMILES string of the molecule is CCC(C)CSc1ccc(CNC)c(Br)c1. The van der Waals surface area contributed by atoms with Crippen LogP contribution in [0.5, 0.6) is 0 Å². The van der Waals surface area contributed by atoms with E-state index in [9.17, 15) is 0 Å². The fourth-order valence-electron chi connectivity index (χ4n) is 1.31. The Hall–Kier alpha value is 0.01000. The molecule has 0 saturated heterocycles. The second-order valence-corrected chi connectivity index (χ2v) is 6.06. The van der Waals surface area contributed by atoms with Gasteiger partial charge in [-0.1, -0.05) is 42.3 Å². The van der Waals surface area contributed by atoms with Gasteiger partial charge in [-0.05, 0) is 30.7 Å². The zero-order chi connectivity index (χ0) is 12.0. The summed E-state index contributed by atoms with van der Waals surface area (Å²) in [6.45, 7) is 5.46. The van der Waals surface area contributed by atoms with E-state index in [1.165, 1.54) is 27.1 Å². The van der Waals surface area contributed by atoms with E-state index in [4.69, 9.17) is 0 Å². The Balaban J connectivity index is 2.59. The highest BCUT2D eigenvalue weighted by atomic mass is 79.9. The van der Waals surface area contributed by atoms with E-state index in [2.05, 4.69) is 53.3 Å². The lowest BCUT2D eigenvalue weighted by atomic mass is 10.2. The van der Waals surface area contributed by atoms with E-state index in [1.54, 1.807) is 0 Å². The Bertz CT molecular complexity index is 328. The quantitative estimate of drug-likeness (QED) is 0.786. The molecule has 90 valence electrons. The predicted molar refractivity (Wildman–Crippen MR) is 77.1 cm³/mol. The highest BCUT2D eigenvalue weighted by molar-refractivity contribution is 9.10. The maximum absolute atomic E-state index is 3.62. The predicted octanol–water partition coefficient (Wildman–Crippen LogP) is 4.31. The lowest BCUT2D eigenvalue weighted by molar-refractivity contribution is 0.637. The standard InChI is InChI=1S/C13H20BrNS/c1-4-10(2)9-16-12-6-5-11(8-15-3)13(14)7-12/h5-7,10,15H,4,8-9H2,1-3H3. The first-order chi connectivity index (χ1) is 7.67. The van der Waals surface area contributed by atoms with Crippen LogP contribution in [0.15, 0.2) is 27.6 Å². The molecule has 0 bridgehead atoms. The Morgan fingerprint density at radius 2 is 2.19 bits per heavy atom. The number of nitrogens with one attached hydrogen (secondary N) is 1. The van der Waals surface area contributed by atoms with Crippen molar-refractivity contribution in [3.8, 4) is 0 Å². The van der Waals surface area contributed by atoms with E-state index in [0.717, 1.165) is 12.5 Å². The molecule has 1 atom stereocenters. The third-order valence-corrected chi connectivity index (χ3v) is 4.68. The van der Waals surface area contributed by atoms with Crippen molar-refractivity contribution in [2.45, 2.75) is 31.7 Å². The van der Waals surface area contributed by atoms with Crippen LogP contribution in [0.2, 0.25) is 0 Å². The summed E-state index contributed by atoms with van der Waals surface area (Å²) in [6.07, 6.45) is 1.26. The maximum Gasteiger partial charge on any atom is 0.0231 e. The second kappa shape index (κ2) is 7.36. The largest absolute Gasteiger partial charge is 0.316 e. The van der Waals surface area contributed by atoms with Crippen molar-refractivity contribution in [1.29, 1.82) is 0 Å². The first kappa shape index (κ1) is 14.1. The Kier molecular flexibility index (Phi) is 6.47. The summed E-state index contributed by atoms with van der Waals surface area (Å²) in [4.78, 5) is 1.35. The van der Waals surface area contributed by atoms with Crippen LogP contribution in [0, 0.1) is 5.92 Å². The molecular weight excluding hydrogens is 282 g/mol. The number of hydrogen-bond donors (Lipinski definition) is 1. The molecule has 0 heterocycles. The van der Waals surface area contributed by atoms with Crippen LogP contribution in [0.1, 0.15) is 25.8 Å². The van der Waals surface area contributed by atoms with Crippen molar-refractivity contribution in [2.24, 2.45) is 5.92 Å². The van der Waals surface area contributed by atoms with Gasteiger partial charge in [0.05, 0.1) is 0 Å². The van der Waals surface area contributed by atoms with Crippen LogP contribution in [0.25, 0.3) is 0 Å². The molecule has 1 aromatic rings. The van der Waals surface area contributed by atoms with Crippen LogP contribution in [0.3, 0.4) is 0 Å². The van der Waals surface area contributed by atoms with E-state index in [-0.39, 0.29) is 0 Å². The van der Waals surface area contributed by atoms with Crippen molar-refractivity contribution in [3.63, 3.8) is 0 Å². The molecule has 0 spiro atoms. The molecule has 3 heteroatoms. The second-order valence-electron chi connectivity index (χ2n) is 4.11. The van der Waals surface area contributed by atoms with Crippen LogP contribution in [-0.4, -0.2) is 12.8 Å². The molecule has 1 rings (SSSR count). The van der Waals surface area contributed by atoms with Gasteiger partial charge in [0.1, 0.15) is 0 Å². The molecule has 0 aliphatic rings. The Morgan fingerprint density at radius 1 is 1.44 bits per heavy atom. The van der Waals surface area contributed by atoms with Crippen LogP contribution in [-0.2, 0) is 6.54 Å². The lowest BCUT2D eigenvalue weighted by Gasteiger charge is -2.09. The lowest BCUT2D eigenvalue weighted by Crippen LogP contribution is -2.05. The average Bonchev–Trinajstić information content (AvgIpc) is 2.29. The summed E-state index contributed by atoms with van der Waals surface area (Å²) < 4.78 is 1.20. The Morgan fingerprint density at radius 3 is 2.75 bits per heavy atom. The zero-order valence-electron chi connectivity index (χ0n) is 10.2. The van der Waals surface area contributed by atoms with Crippen LogP contribution in [0.4, 0.5) is 0 Å². The summed E-state index contributed by atoms with van der Waals surface area (Å²) >= 11 is 5.56. The van der Waals surface area contributed by atoms with Crippen molar-refractivity contribution in [1.82, 2.24) is 5.32 Å². The van der Waals surface area contributed by atoms with Gasteiger partial charge in [0.2, 0.25) is 0 Å². The summed E-state index contributed by atoms with van der Waals surface area (Å²) in [7, 11) is 1.97. The number of hydrogen-bond acceptors (Lipinski definition) is 2. The van der Waals surface area contributed by atoms with Gasteiger partial charge in [0.15, 0.2) is 0 Å². The van der Waals surface area contributed by atoms with E-state index >= 15 is 0 Å². The molecule has 0 saturated carbocycles. The maximum atomic E-state index is 3.62. The number of halogens is 1. The van der Waals surface area contributed by atoms with Gasteiger partial charge in [-0.25, -0.2) is 0 Å². The van der Waals surface area contributed by atoms with E-state index in [1.807, 2.05) is 18.8 Å². The molecule has 0 amide bonds. The summed E-state index contributed by atoms with van der Waals surface area (Å²) in [6, 6.07) is 6.63. The van der Waals surface area contributed by atoms with Gasteiger partial charge in [-0.15, -0.1) is 11.8 Å². The molecule has 0 aromatic heterocycles. The van der Waals surface area contributed by atoms with Crippen LogP contribution >= 0.6 is 27.7 Å². The first-order valence-electron chi connectivity index (χ1n) is 5.73. The third-order valence-electron chi connectivity index (χ3n) is 2.62.